The summed E-state index contributed by atoms with van der Waals surface area (Å²) in [6, 6.07) is 3.79. The fraction of sp³-hybridized carbons (Fsp3) is 0.333. The molecule has 4 heteroatoms. The molecule has 0 fully saturated rings. The van der Waals surface area contributed by atoms with Gasteiger partial charge in [-0.25, -0.2) is 0 Å². The molecule has 0 aromatic carbocycles. The second kappa shape index (κ2) is 4.87. The van der Waals surface area contributed by atoms with Crippen LogP contribution in [0.15, 0.2) is 24.5 Å². The van der Waals surface area contributed by atoms with Crippen LogP contribution < -0.4 is 0 Å². The lowest BCUT2D eigenvalue weighted by Crippen LogP contribution is -2.11. The van der Waals surface area contributed by atoms with E-state index in [2.05, 4.69) is 4.98 Å². The summed E-state index contributed by atoms with van der Waals surface area (Å²) >= 11 is 1.40. The molecule has 3 nitrogen and oxygen atoms in total. The maximum atomic E-state index is 10.5. The molecule has 1 N–H and O–H groups in total. The van der Waals surface area contributed by atoms with Gasteiger partial charge in [0.25, 0.3) is 0 Å². The predicted octanol–water partition coefficient (Wildman–Crippen LogP) is 1.79. The first-order valence-corrected chi connectivity index (χ1v) is 4.98. The number of rotatable bonds is 4. The summed E-state index contributed by atoms with van der Waals surface area (Å²) in [5, 5.41) is 8.26. The molecule has 1 unspecified atom stereocenters. The molecule has 0 aliphatic rings. The zero-order chi connectivity index (χ0) is 9.68. The molecule has 1 atom stereocenters. The molecule has 0 spiro atoms. The average Bonchev–Trinajstić information content (AvgIpc) is 2.15. The lowest BCUT2D eigenvalue weighted by molar-refractivity contribution is -0.136. The minimum Gasteiger partial charge on any atom is -0.480 e. The normalized spacial score (nSPS) is 12.4. The van der Waals surface area contributed by atoms with Crippen LogP contribution in [0.25, 0.3) is 0 Å². The van der Waals surface area contributed by atoms with Gasteiger partial charge in [0.05, 0.1) is 5.25 Å². The third-order valence-electron chi connectivity index (χ3n) is 1.57. The summed E-state index contributed by atoms with van der Waals surface area (Å²) in [5.74, 6) is -0.0738. The van der Waals surface area contributed by atoms with Gasteiger partial charge in [0.2, 0.25) is 0 Å². The Labute approximate surface area is 81.2 Å². The summed E-state index contributed by atoms with van der Waals surface area (Å²) < 4.78 is 0. The maximum Gasteiger partial charge on any atom is 0.316 e. The molecule has 0 saturated heterocycles. The van der Waals surface area contributed by atoms with Crippen molar-refractivity contribution in [1.82, 2.24) is 4.98 Å². The molecule has 1 aromatic rings. The quantitative estimate of drug-likeness (QED) is 0.799. The molecule has 0 amide bonds. The number of nitrogens with zero attached hydrogens (tertiary/aromatic N) is 1. The van der Waals surface area contributed by atoms with Gasteiger partial charge in [-0.05, 0) is 18.6 Å². The van der Waals surface area contributed by atoms with Gasteiger partial charge in [-0.3, -0.25) is 9.78 Å². The summed E-state index contributed by atoms with van der Waals surface area (Å²) in [5.41, 5.74) is 1.06. The maximum absolute atomic E-state index is 10.5. The highest BCUT2D eigenvalue weighted by Crippen LogP contribution is 2.16. The van der Waals surface area contributed by atoms with E-state index in [9.17, 15) is 4.79 Å². The number of aromatic nitrogens is 1. The zero-order valence-electron chi connectivity index (χ0n) is 7.30. The average molecular weight is 197 g/mol. The van der Waals surface area contributed by atoms with E-state index in [1.807, 2.05) is 12.1 Å². The molecular weight excluding hydrogens is 186 g/mol. The van der Waals surface area contributed by atoms with Crippen molar-refractivity contribution in [2.75, 3.05) is 0 Å². The van der Waals surface area contributed by atoms with Crippen LogP contribution in [0.5, 0.6) is 0 Å². The SMILES string of the molecule is CC(SCc1cccnc1)C(=O)O. The second-order valence-corrected chi connectivity index (χ2v) is 3.98. The van der Waals surface area contributed by atoms with Crippen molar-refractivity contribution in [2.24, 2.45) is 0 Å². The molecular formula is C9H11NO2S. The highest BCUT2D eigenvalue weighted by molar-refractivity contribution is 7.99. The van der Waals surface area contributed by atoms with Crippen LogP contribution in [0.4, 0.5) is 0 Å². The molecule has 0 saturated carbocycles. The Morgan fingerprint density at radius 1 is 1.77 bits per heavy atom. The summed E-state index contributed by atoms with van der Waals surface area (Å²) in [7, 11) is 0. The molecule has 1 heterocycles. The number of hydrogen-bond acceptors (Lipinski definition) is 3. The molecule has 1 aromatic heterocycles. The van der Waals surface area contributed by atoms with Crippen LogP contribution in [0, 0.1) is 0 Å². The van der Waals surface area contributed by atoms with Crippen LogP contribution in [0.3, 0.4) is 0 Å². The van der Waals surface area contributed by atoms with Crippen LogP contribution in [-0.2, 0) is 10.5 Å². The fourth-order valence-corrected chi connectivity index (χ4v) is 1.53. The third kappa shape index (κ3) is 3.46. The standard InChI is InChI=1S/C9H11NO2S/c1-7(9(11)12)13-6-8-3-2-4-10-5-8/h2-5,7H,6H2,1H3,(H,11,12). The van der Waals surface area contributed by atoms with Gasteiger partial charge >= 0.3 is 5.97 Å². The van der Waals surface area contributed by atoms with E-state index < -0.39 is 5.97 Å². The number of hydrogen-bond donors (Lipinski definition) is 1. The Morgan fingerprint density at radius 2 is 2.54 bits per heavy atom. The molecule has 13 heavy (non-hydrogen) atoms. The molecule has 0 aliphatic carbocycles. The number of aliphatic carboxylic acids is 1. The number of thioether (sulfide) groups is 1. The van der Waals surface area contributed by atoms with E-state index in [4.69, 9.17) is 5.11 Å². The van der Waals surface area contributed by atoms with Gasteiger partial charge in [0.1, 0.15) is 0 Å². The lowest BCUT2D eigenvalue weighted by atomic mass is 10.3. The molecule has 0 bridgehead atoms. The van der Waals surface area contributed by atoms with E-state index in [0.717, 1.165) is 5.56 Å². The first-order chi connectivity index (χ1) is 6.20. The highest BCUT2D eigenvalue weighted by atomic mass is 32.2. The van der Waals surface area contributed by atoms with E-state index in [1.54, 1.807) is 19.3 Å². The van der Waals surface area contributed by atoms with E-state index in [-0.39, 0.29) is 5.25 Å². The summed E-state index contributed by atoms with van der Waals surface area (Å²) in [4.78, 5) is 14.4. The molecule has 0 radical (unpaired) electrons. The Hall–Kier alpha value is -1.03. The minimum atomic E-state index is -0.770. The predicted molar refractivity (Wildman–Crippen MR) is 52.6 cm³/mol. The Bertz CT molecular complexity index is 276. The first-order valence-electron chi connectivity index (χ1n) is 3.93. The first kappa shape index (κ1) is 10.1. The largest absolute Gasteiger partial charge is 0.480 e. The molecule has 0 aliphatic heterocycles. The van der Waals surface area contributed by atoms with Crippen LogP contribution >= 0.6 is 11.8 Å². The number of carboxylic acids is 1. The smallest absolute Gasteiger partial charge is 0.316 e. The van der Waals surface area contributed by atoms with Gasteiger partial charge in [0.15, 0.2) is 0 Å². The van der Waals surface area contributed by atoms with Crippen molar-refractivity contribution in [2.45, 2.75) is 17.9 Å². The molecule has 1 rings (SSSR count). The molecule has 70 valence electrons. The monoisotopic (exact) mass is 197 g/mol. The van der Waals surface area contributed by atoms with Crippen LogP contribution in [-0.4, -0.2) is 21.3 Å². The second-order valence-electron chi connectivity index (χ2n) is 2.65. The van der Waals surface area contributed by atoms with Gasteiger partial charge in [-0.2, -0.15) is 0 Å². The van der Waals surface area contributed by atoms with E-state index in [0.29, 0.717) is 5.75 Å². The highest BCUT2D eigenvalue weighted by Gasteiger charge is 2.10. The Balaban J connectivity index is 2.39. The minimum absolute atomic E-state index is 0.361. The van der Waals surface area contributed by atoms with Crippen LogP contribution in [0.1, 0.15) is 12.5 Å². The third-order valence-corrected chi connectivity index (χ3v) is 2.77. The van der Waals surface area contributed by atoms with Crippen molar-refractivity contribution in [3.05, 3.63) is 30.1 Å². The number of carbonyl (C=O) groups is 1. The number of pyridine rings is 1. The van der Waals surface area contributed by atoms with Crippen molar-refractivity contribution in [3.8, 4) is 0 Å². The van der Waals surface area contributed by atoms with Crippen molar-refractivity contribution in [3.63, 3.8) is 0 Å². The van der Waals surface area contributed by atoms with Crippen molar-refractivity contribution >= 4 is 17.7 Å². The lowest BCUT2D eigenvalue weighted by Gasteiger charge is -2.04. The number of carboxylic acid groups (broad SMARTS) is 1. The summed E-state index contributed by atoms with van der Waals surface area (Å²) in [6.45, 7) is 1.68. The fourth-order valence-electron chi connectivity index (χ4n) is 0.776. The van der Waals surface area contributed by atoms with Crippen LogP contribution in [0.2, 0.25) is 0 Å². The van der Waals surface area contributed by atoms with Gasteiger partial charge in [-0.15, -0.1) is 11.8 Å². The van der Waals surface area contributed by atoms with E-state index in [1.165, 1.54) is 11.8 Å². The Morgan fingerprint density at radius 3 is 3.08 bits per heavy atom. The zero-order valence-corrected chi connectivity index (χ0v) is 8.12. The topological polar surface area (TPSA) is 50.2 Å². The van der Waals surface area contributed by atoms with Crippen molar-refractivity contribution < 1.29 is 9.90 Å². The van der Waals surface area contributed by atoms with Crippen molar-refractivity contribution in [1.29, 1.82) is 0 Å². The van der Waals surface area contributed by atoms with Gasteiger partial charge in [-0.1, -0.05) is 6.07 Å². The summed E-state index contributed by atoms with van der Waals surface area (Å²) in [6.07, 6.45) is 3.45. The van der Waals surface area contributed by atoms with Gasteiger partial charge < -0.3 is 5.11 Å². The van der Waals surface area contributed by atoms with Gasteiger partial charge in [0, 0.05) is 18.1 Å². The Kier molecular flexibility index (Phi) is 3.76. The van der Waals surface area contributed by atoms with E-state index >= 15 is 0 Å².